The Labute approximate surface area is 129 Å². The van der Waals surface area contributed by atoms with Gasteiger partial charge in [-0.3, -0.25) is 0 Å². The molecule has 1 aromatic carbocycles. The average Bonchev–Trinajstić information content (AvgIpc) is 2.87. The maximum atomic E-state index is 5.95. The van der Waals surface area contributed by atoms with E-state index >= 15 is 0 Å². The molecule has 2 nitrogen and oxygen atoms in total. The number of fused-ring (bicyclic) bond motifs is 2. The van der Waals surface area contributed by atoms with E-state index in [-0.39, 0.29) is 0 Å². The molecule has 0 aromatic heterocycles. The second kappa shape index (κ2) is 5.03. The van der Waals surface area contributed by atoms with Gasteiger partial charge in [0.1, 0.15) is 5.75 Å². The van der Waals surface area contributed by atoms with Gasteiger partial charge >= 0.3 is 0 Å². The molecule has 3 aliphatic rings. The molecule has 1 N–H and O–H groups in total. The Kier molecular flexibility index (Phi) is 3.30. The third-order valence-electron chi connectivity index (χ3n) is 5.29. The summed E-state index contributed by atoms with van der Waals surface area (Å²) < 4.78 is 7.15. The van der Waals surface area contributed by atoms with E-state index in [1.54, 1.807) is 0 Å². The minimum atomic E-state index is 0.470. The summed E-state index contributed by atoms with van der Waals surface area (Å²) in [7, 11) is 0. The van der Waals surface area contributed by atoms with Gasteiger partial charge in [0.25, 0.3) is 0 Å². The molecule has 0 amide bonds. The molecule has 0 spiro atoms. The maximum absolute atomic E-state index is 5.95. The van der Waals surface area contributed by atoms with Crippen LogP contribution in [0.3, 0.4) is 0 Å². The number of hydrogen-bond acceptors (Lipinski definition) is 2. The lowest BCUT2D eigenvalue weighted by atomic mass is 9.87. The number of benzene rings is 1. The topological polar surface area (TPSA) is 21.3 Å². The van der Waals surface area contributed by atoms with Gasteiger partial charge in [0, 0.05) is 22.5 Å². The Morgan fingerprint density at radius 1 is 1.30 bits per heavy atom. The Morgan fingerprint density at radius 2 is 2.10 bits per heavy atom. The standard InChI is InChI=1S/C17H22BrNO/c1-2-19-16(13-6-11-5-12(11)7-13)15-9-14(18)8-10-3-4-20-17(10)15/h8-9,11-13,16,19H,2-7H2,1H3. The molecule has 0 bridgehead atoms. The lowest BCUT2D eigenvalue weighted by Gasteiger charge is -2.27. The normalized spacial score (nSPS) is 31.6. The summed E-state index contributed by atoms with van der Waals surface area (Å²) in [6, 6.07) is 4.97. The second-order valence-corrected chi connectivity index (χ2v) is 7.52. The van der Waals surface area contributed by atoms with E-state index in [1.165, 1.54) is 40.6 Å². The van der Waals surface area contributed by atoms with Crippen LogP contribution >= 0.6 is 15.9 Å². The number of rotatable bonds is 4. The Morgan fingerprint density at radius 3 is 2.85 bits per heavy atom. The lowest BCUT2D eigenvalue weighted by Crippen LogP contribution is -2.28. The molecule has 20 heavy (non-hydrogen) atoms. The molecule has 4 rings (SSSR count). The monoisotopic (exact) mass is 335 g/mol. The zero-order chi connectivity index (χ0) is 13.7. The van der Waals surface area contributed by atoms with Crippen LogP contribution in [0.4, 0.5) is 0 Å². The minimum Gasteiger partial charge on any atom is -0.493 e. The fraction of sp³-hybridized carbons (Fsp3) is 0.647. The highest BCUT2D eigenvalue weighted by molar-refractivity contribution is 9.10. The van der Waals surface area contributed by atoms with Gasteiger partial charge in [-0.2, -0.15) is 0 Å². The van der Waals surface area contributed by atoms with Crippen LogP contribution in [0.15, 0.2) is 16.6 Å². The zero-order valence-corrected chi connectivity index (χ0v) is 13.6. The first-order chi connectivity index (χ1) is 9.76. The molecule has 2 saturated carbocycles. The Bertz CT molecular complexity index is 520. The van der Waals surface area contributed by atoms with Crippen molar-refractivity contribution in [3.8, 4) is 5.75 Å². The van der Waals surface area contributed by atoms with E-state index in [1.807, 2.05) is 0 Å². The van der Waals surface area contributed by atoms with Crippen molar-refractivity contribution in [3.05, 3.63) is 27.7 Å². The van der Waals surface area contributed by atoms with Crippen molar-refractivity contribution >= 4 is 15.9 Å². The number of halogens is 1. The van der Waals surface area contributed by atoms with Gasteiger partial charge in [-0.15, -0.1) is 0 Å². The number of ether oxygens (including phenoxy) is 1. The third kappa shape index (κ3) is 2.19. The van der Waals surface area contributed by atoms with E-state index in [0.29, 0.717) is 6.04 Å². The molecule has 2 fully saturated rings. The molecule has 0 saturated heterocycles. The zero-order valence-electron chi connectivity index (χ0n) is 12.0. The molecule has 1 aromatic rings. The van der Waals surface area contributed by atoms with Crippen molar-refractivity contribution < 1.29 is 4.74 Å². The van der Waals surface area contributed by atoms with Gasteiger partial charge in [0.2, 0.25) is 0 Å². The van der Waals surface area contributed by atoms with E-state index < -0.39 is 0 Å². The van der Waals surface area contributed by atoms with E-state index in [4.69, 9.17) is 4.74 Å². The van der Waals surface area contributed by atoms with E-state index in [9.17, 15) is 0 Å². The van der Waals surface area contributed by atoms with Gasteiger partial charge in [0.15, 0.2) is 0 Å². The van der Waals surface area contributed by atoms with E-state index in [0.717, 1.165) is 37.3 Å². The molecule has 1 aliphatic heterocycles. The van der Waals surface area contributed by atoms with Gasteiger partial charge in [-0.25, -0.2) is 0 Å². The summed E-state index contributed by atoms with van der Waals surface area (Å²) in [5.74, 6) is 4.02. The van der Waals surface area contributed by atoms with Crippen LogP contribution in [0, 0.1) is 17.8 Å². The first kappa shape index (κ1) is 13.1. The van der Waals surface area contributed by atoms with E-state index in [2.05, 4.69) is 40.3 Å². The Hall–Kier alpha value is -0.540. The summed E-state index contributed by atoms with van der Waals surface area (Å²) in [6.07, 6.45) is 5.35. The van der Waals surface area contributed by atoms with Crippen LogP contribution < -0.4 is 10.1 Å². The number of hydrogen-bond donors (Lipinski definition) is 1. The molecule has 3 unspecified atom stereocenters. The third-order valence-corrected chi connectivity index (χ3v) is 5.75. The van der Waals surface area contributed by atoms with Crippen molar-refractivity contribution in [2.45, 2.75) is 38.6 Å². The molecule has 3 heteroatoms. The molecule has 3 atom stereocenters. The van der Waals surface area contributed by atoms with Crippen LogP contribution in [0.5, 0.6) is 5.75 Å². The van der Waals surface area contributed by atoms with Crippen molar-refractivity contribution in [1.82, 2.24) is 5.32 Å². The summed E-state index contributed by atoms with van der Waals surface area (Å²) in [6.45, 7) is 4.08. The van der Waals surface area contributed by atoms with Crippen LogP contribution in [0.25, 0.3) is 0 Å². The van der Waals surface area contributed by atoms with Gasteiger partial charge in [0.05, 0.1) is 6.61 Å². The summed E-state index contributed by atoms with van der Waals surface area (Å²) >= 11 is 3.68. The SMILES string of the molecule is CCNC(c1cc(Br)cc2c1OCC2)C1CC2CC2C1. The first-order valence-electron chi connectivity index (χ1n) is 7.94. The molecule has 2 aliphatic carbocycles. The minimum absolute atomic E-state index is 0.470. The highest BCUT2D eigenvalue weighted by Crippen LogP contribution is 2.58. The predicted octanol–water partition coefficient (Wildman–Crippen LogP) is 4.08. The summed E-state index contributed by atoms with van der Waals surface area (Å²) in [4.78, 5) is 0. The van der Waals surface area contributed by atoms with Gasteiger partial charge in [-0.1, -0.05) is 22.9 Å². The summed E-state index contributed by atoms with van der Waals surface area (Å²) in [5.41, 5.74) is 2.76. The molecule has 0 radical (unpaired) electrons. The second-order valence-electron chi connectivity index (χ2n) is 6.60. The maximum Gasteiger partial charge on any atom is 0.127 e. The molecule has 108 valence electrons. The van der Waals surface area contributed by atoms with Crippen molar-refractivity contribution in [1.29, 1.82) is 0 Å². The predicted molar refractivity (Wildman–Crippen MR) is 84.1 cm³/mol. The Balaban J connectivity index is 1.69. The molecular weight excluding hydrogens is 314 g/mol. The van der Waals surface area contributed by atoms with Crippen LogP contribution in [0.2, 0.25) is 0 Å². The van der Waals surface area contributed by atoms with Gasteiger partial charge in [-0.05, 0) is 61.3 Å². The lowest BCUT2D eigenvalue weighted by molar-refractivity contribution is 0.317. The summed E-state index contributed by atoms with van der Waals surface area (Å²) in [5, 5.41) is 3.74. The quantitative estimate of drug-likeness (QED) is 0.895. The number of nitrogens with one attached hydrogen (secondary N) is 1. The van der Waals surface area contributed by atoms with Crippen molar-refractivity contribution in [3.63, 3.8) is 0 Å². The van der Waals surface area contributed by atoms with Crippen molar-refractivity contribution in [2.75, 3.05) is 13.2 Å². The highest BCUT2D eigenvalue weighted by atomic mass is 79.9. The molecular formula is C17H22BrNO. The fourth-order valence-electron chi connectivity index (χ4n) is 4.31. The van der Waals surface area contributed by atoms with Gasteiger partial charge < -0.3 is 10.1 Å². The van der Waals surface area contributed by atoms with Crippen LogP contribution in [0.1, 0.15) is 43.4 Å². The smallest absolute Gasteiger partial charge is 0.127 e. The molecule has 1 heterocycles. The fourth-order valence-corrected chi connectivity index (χ4v) is 4.84. The van der Waals surface area contributed by atoms with Crippen LogP contribution in [-0.2, 0) is 6.42 Å². The van der Waals surface area contributed by atoms with Crippen LogP contribution in [-0.4, -0.2) is 13.2 Å². The highest BCUT2D eigenvalue weighted by Gasteiger charge is 2.48. The average molecular weight is 336 g/mol. The largest absolute Gasteiger partial charge is 0.493 e. The van der Waals surface area contributed by atoms with Crippen molar-refractivity contribution in [2.24, 2.45) is 17.8 Å². The first-order valence-corrected chi connectivity index (χ1v) is 8.74.